The Hall–Kier alpha value is -2.41. The molecule has 2 N–H and O–H groups in total. The van der Waals surface area contributed by atoms with E-state index in [1.54, 1.807) is 36.2 Å². The van der Waals surface area contributed by atoms with E-state index in [0.717, 1.165) is 0 Å². The zero-order valence-corrected chi connectivity index (χ0v) is 10.6. The van der Waals surface area contributed by atoms with E-state index >= 15 is 0 Å². The number of nitro groups is 1. The average molecular weight is 264 g/mol. The van der Waals surface area contributed by atoms with Gasteiger partial charge in [0.2, 0.25) is 0 Å². The summed E-state index contributed by atoms with van der Waals surface area (Å²) in [6, 6.07) is 8.54. The van der Waals surface area contributed by atoms with Crippen molar-refractivity contribution in [2.75, 3.05) is 19.5 Å². The van der Waals surface area contributed by atoms with Gasteiger partial charge in [-0.25, -0.2) is 9.55 Å². The minimum atomic E-state index is -0.407. The number of nitrogen functional groups attached to an aromatic ring is 1. The smallest absolute Gasteiger partial charge is 0.323 e. The predicted octanol–water partition coefficient (Wildman–Crippen LogP) is 1.71. The third-order valence-corrected chi connectivity index (χ3v) is 2.22. The van der Waals surface area contributed by atoms with Gasteiger partial charge in [0.05, 0.1) is 12.8 Å². The second-order valence-corrected chi connectivity index (χ2v) is 3.56. The molecule has 0 saturated carbocycles. The second-order valence-electron chi connectivity index (χ2n) is 3.56. The molecule has 2 rings (SSSR count). The monoisotopic (exact) mass is 264 g/mol. The number of anilines is 1. The van der Waals surface area contributed by atoms with Crippen LogP contribution in [0.1, 0.15) is 0 Å². The van der Waals surface area contributed by atoms with Gasteiger partial charge in [0, 0.05) is 19.4 Å². The van der Waals surface area contributed by atoms with Crippen LogP contribution in [0.5, 0.6) is 0 Å². The summed E-state index contributed by atoms with van der Waals surface area (Å²) in [6.45, 7) is 0.995. The first-order chi connectivity index (χ1) is 9.15. The Balaban J connectivity index is 0.000000218. The van der Waals surface area contributed by atoms with Crippen molar-refractivity contribution < 1.29 is 9.66 Å². The number of pyridine rings is 1. The highest BCUT2D eigenvalue weighted by Gasteiger charge is 2.09. The Morgan fingerprint density at radius 3 is 2.68 bits per heavy atom. The van der Waals surface area contributed by atoms with E-state index in [1.807, 2.05) is 12.1 Å². The number of nitrogens with two attached hydrogens (primary N) is 1. The van der Waals surface area contributed by atoms with Gasteiger partial charge in [0.15, 0.2) is 0 Å². The van der Waals surface area contributed by atoms with Gasteiger partial charge in [-0.05, 0) is 23.1 Å². The lowest BCUT2D eigenvalue weighted by molar-refractivity contribution is -0.392. The summed E-state index contributed by atoms with van der Waals surface area (Å²) in [6.07, 6.45) is 3.33. The summed E-state index contributed by atoms with van der Waals surface area (Å²) in [5.41, 5.74) is 5.25. The Kier molecular flexibility index (Phi) is 6.04. The van der Waals surface area contributed by atoms with Gasteiger partial charge in [0.1, 0.15) is 12.4 Å². The molecule has 7 heteroatoms. The molecule has 0 aliphatic rings. The maximum absolute atomic E-state index is 10.4. The number of nitrogens with zero attached hydrogens (tertiary/aromatic N) is 3. The van der Waals surface area contributed by atoms with E-state index in [4.69, 9.17) is 10.5 Å². The number of aromatic nitrogens is 2. The Labute approximate surface area is 110 Å². The molecule has 2 aromatic heterocycles. The van der Waals surface area contributed by atoms with Crippen LogP contribution in [-0.2, 0) is 11.3 Å². The SMILES string of the molecule is COCCn1cccc1[N+](=O)[O-].Nc1ccccn1. The minimum absolute atomic E-state index is 0.104. The van der Waals surface area contributed by atoms with Crippen molar-refractivity contribution in [3.8, 4) is 0 Å². The molecular weight excluding hydrogens is 248 g/mol. The van der Waals surface area contributed by atoms with E-state index in [9.17, 15) is 10.1 Å². The molecule has 0 unspecified atom stereocenters. The van der Waals surface area contributed by atoms with E-state index in [0.29, 0.717) is 19.0 Å². The van der Waals surface area contributed by atoms with Gasteiger partial charge in [-0.3, -0.25) is 0 Å². The maximum atomic E-state index is 10.4. The Morgan fingerprint density at radius 1 is 1.42 bits per heavy atom. The highest BCUT2D eigenvalue weighted by Crippen LogP contribution is 2.10. The van der Waals surface area contributed by atoms with Crippen LogP contribution in [0, 0.1) is 10.1 Å². The first-order valence-electron chi connectivity index (χ1n) is 5.60. The van der Waals surface area contributed by atoms with Crippen molar-refractivity contribution in [3.05, 3.63) is 52.8 Å². The van der Waals surface area contributed by atoms with Crippen molar-refractivity contribution in [1.82, 2.24) is 9.55 Å². The summed E-state index contributed by atoms with van der Waals surface area (Å²) < 4.78 is 6.35. The third kappa shape index (κ3) is 5.17. The summed E-state index contributed by atoms with van der Waals surface area (Å²) in [5.74, 6) is 0.676. The molecule has 0 spiro atoms. The third-order valence-electron chi connectivity index (χ3n) is 2.22. The van der Waals surface area contributed by atoms with Gasteiger partial charge >= 0.3 is 5.82 Å². The summed E-state index contributed by atoms with van der Waals surface area (Å²) in [7, 11) is 1.56. The molecule has 0 fully saturated rings. The second kappa shape index (κ2) is 7.83. The molecule has 0 radical (unpaired) electrons. The largest absolute Gasteiger partial charge is 0.384 e. The van der Waals surface area contributed by atoms with Crippen molar-refractivity contribution in [2.45, 2.75) is 6.54 Å². The quantitative estimate of drug-likeness (QED) is 0.669. The fourth-order valence-electron chi connectivity index (χ4n) is 1.33. The summed E-state index contributed by atoms with van der Waals surface area (Å²) in [5, 5.41) is 10.4. The van der Waals surface area contributed by atoms with Crippen LogP contribution in [0.15, 0.2) is 42.7 Å². The number of hydrogen-bond acceptors (Lipinski definition) is 5. The van der Waals surface area contributed by atoms with Crippen LogP contribution in [0.25, 0.3) is 0 Å². The molecule has 0 bridgehead atoms. The van der Waals surface area contributed by atoms with Gasteiger partial charge < -0.3 is 20.6 Å². The van der Waals surface area contributed by atoms with E-state index < -0.39 is 4.92 Å². The molecule has 2 heterocycles. The topological polar surface area (TPSA) is 96.2 Å². The minimum Gasteiger partial charge on any atom is -0.384 e. The van der Waals surface area contributed by atoms with E-state index in [1.165, 1.54) is 6.07 Å². The number of methoxy groups -OCH3 is 1. The van der Waals surface area contributed by atoms with Crippen LogP contribution in [0.2, 0.25) is 0 Å². The lowest BCUT2D eigenvalue weighted by atomic mass is 10.5. The molecule has 0 saturated heterocycles. The normalized spacial score (nSPS) is 9.53. The standard InChI is InChI=1S/C7H10N2O3.C5H6N2/c1-12-6-5-8-4-2-3-7(8)9(10)11;6-5-3-1-2-4-7-5/h2-4H,5-6H2,1H3;1-4H,(H2,6,7). The van der Waals surface area contributed by atoms with Gasteiger partial charge in [-0.15, -0.1) is 0 Å². The fraction of sp³-hybridized carbons (Fsp3) is 0.250. The zero-order chi connectivity index (χ0) is 14.1. The fourth-order valence-corrected chi connectivity index (χ4v) is 1.33. The first-order valence-corrected chi connectivity index (χ1v) is 5.60. The molecule has 0 aliphatic heterocycles. The molecule has 7 nitrogen and oxygen atoms in total. The summed E-state index contributed by atoms with van der Waals surface area (Å²) >= 11 is 0. The van der Waals surface area contributed by atoms with Crippen molar-refractivity contribution in [3.63, 3.8) is 0 Å². The van der Waals surface area contributed by atoms with E-state index in [-0.39, 0.29) is 5.82 Å². The van der Waals surface area contributed by atoms with Crippen LogP contribution in [0.3, 0.4) is 0 Å². The van der Waals surface area contributed by atoms with Gasteiger partial charge in [0.25, 0.3) is 0 Å². The molecule has 0 aromatic carbocycles. The number of ether oxygens (including phenoxy) is 1. The maximum Gasteiger partial charge on any atom is 0.323 e. The van der Waals surface area contributed by atoms with Crippen LogP contribution < -0.4 is 5.73 Å². The molecule has 0 aliphatic carbocycles. The molecule has 102 valence electrons. The van der Waals surface area contributed by atoms with Crippen molar-refractivity contribution in [2.24, 2.45) is 0 Å². The molecule has 19 heavy (non-hydrogen) atoms. The van der Waals surface area contributed by atoms with Crippen LogP contribution in [-0.4, -0.2) is 28.2 Å². The Morgan fingerprint density at radius 2 is 2.21 bits per heavy atom. The molecule has 2 aromatic rings. The van der Waals surface area contributed by atoms with Crippen LogP contribution in [0.4, 0.5) is 11.6 Å². The molecular formula is C12H16N4O3. The van der Waals surface area contributed by atoms with Crippen molar-refractivity contribution >= 4 is 11.6 Å². The highest BCUT2D eigenvalue weighted by molar-refractivity contribution is 5.25. The molecule has 0 amide bonds. The van der Waals surface area contributed by atoms with E-state index in [2.05, 4.69) is 4.98 Å². The lowest BCUT2D eigenvalue weighted by Gasteiger charge is -1.99. The summed E-state index contributed by atoms with van der Waals surface area (Å²) in [4.78, 5) is 13.7. The molecule has 0 atom stereocenters. The Bertz CT molecular complexity index is 499. The predicted molar refractivity (Wildman–Crippen MR) is 71.6 cm³/mol. The van der Waals surface area contributed by atoms with Gasteiger partial charge in [-0.2, -0.15) is 0 Å². The highest BCUT2D eigenvalue weighted by atomic mass is 16.6. The average Bonchev–Trinajstić information content (AvgIpc) is 2.86. The zero-order valence-electron chi connectivity index (χ0n) is 10.6. The van der Waals surface area contributed by atoms with Gasteiger partial charge in [-0.1, -0.05) is 6.07 Å². The lowest BCUT2D eigenvalue weighted by Crippen LogP contribution is -2.05. The van der Waals surface area contributed by atoms with Crippen molar-refractivity contribution in [1.29, 1.82) is 0 Å². The number of hydrogen-bond donors (Lipinski definition) is 1. The number of rotatable bonds is 4. The van der Waals surface area contributed by atoms with Crippen LogP contribution >= 0.6 is 0 Å². The first kappa shape index (κ1) is 14.7.